The predicted octanol–water partition coefficient (Wildman–Crippen LogP) is 4.37. The Morgan fingerprint density at radius 3 is 2.48 bits per heavy atom. The van der Waals surface area contributed by atoms with Crippen molar-refractivity contribution in [3.05, 3.63) is 77.1 Å². The van der Waals surface area contributed by atoms with Gasteiger partial charge in [-0.25, -0.2) is 4.68 Å². The summed E-state index contributed by atoms with van der Waals surface area (Å²) in [6.07, 6.45) is 5.62. The summed E-state index contributed by atoms with van der Waals surface area (Å²) in [5.41, 5.74) is 1.50. The third-order valence-electron chi connectivity index (χ3n) is 5.24. The number of amides is 3. The molecule has 0 bridgehead atoms. The van der Waals surface area contributed by atoms with Crippen LogP contribution in [-0.4, -0.2) is 38.9 Å². The summed E-state index contributed by atoms with van der Waals surface area (Å²) < 4.78 is 7.18. The zero-order valence-electron chi connectivity index (χ0n) is 17.9. The molecule has 3 amide bonds. The van der Waals surface area contributed by atoms with Gasteiger partial charge in [0.15, 0.2) is 6.73 Å². The van der Waals surface area contributed by atoms with Crippen molar-refractivity contribution in [2.75, 3.05) is 11.9 Å². The van der Waals surface area contributed by atoms with Crippen LogP contribution in [0.4, 0.5) is 5.69 Å². The molecule has 0 spiro atoms. The monoisotopic (exact) mass is 466 g/mol. The average Bonchev–Trinajstić information content (AvgIpc) is 3.35. The molecule has 33 heavy (non-hydrogen) atoms. The molecule has 1 aromatic heterocycles. The molecule has 2 aromatic carbocycles. The molecule has 0 fully saturated rings. The van der Waals surface area contributed by atoms with E-state index in [1.54, 1.807) is 65.6 Å². The lowest BCUT2D eigenvalue weighted by molar-refractivity contribution is -0.116. The molecular weight excluding hydrogens is 444 g/mol. The highest BCUT2D eigenvalue weighted by atomic mass is 35.5. The fourth-order valence-electron chi connectivity index (χ4n) is 3.59. The van der Waals surface area contributed by atoms with Gasteiger partial charge in [0.05, 0.1) is 29.2 Å². The highest BCUT2D eigenvalue weighted by Gasteiger charge is 2.34. The van der Waals surface area contributed by atoms with Gasteiger partial charge < -0.3 is 10.1 Å². The Bertz CT molecular complexity index is 1140. The van der Waals surface area contributed by atoms with Crippen molar-refractivity contribution in [2.24, 2.45) is 0 Å². The highest BCUT2D eigenvalue weighted by molar-refractivity contribution is 6.30. The lowest BCUT2D eigenvalue weighted by Gasteiger charge is -2.13. The molecule has 4 rings (SSSR count). The van der Waals surface area contributed by atoms with Gasteiger partial charge in [-0.2, -0.15) is 5.10 Å². The van der Waals surface area contributed by atoms with Gasteiger partial charge in [0, 0.05) is 18.0 Å². The second-order valence-electron chi connectivity index (χ2n) is 7.67. The molecule has 1 aliphatic heterocycles. The number of nitrogens with one attached hydrogen (secondary N) is 1. The maximum Gasteiger partial charge on any atom is 0.261 e. The third kappa shape index (κ3) is 5.59. The molecule has 1 aliphatic rings. The molecule has 9 heteroatoms. The van der Waals surface area contributed by atoms with E-state index in [2.05, 4.69) is 10.4 Å². The smallest absolute Gasteiger partial charge is 0.261 e. The number of anilines is 1. The topological polar surface area (TPSA) is 93.5 Å². The number of rotatable bonds is 10. The molecule has 0 saturated carbocycles. The minimum absolute atomic E-state index is 0.119. The van der Waals surface area contributed by atoms with Crippen LogP contribution in [0.2, 0.25) is 5.02 Å². The maximum absolute atomic E-state index is 12.3. The number of nitrogens with zero attached hydrogens (tertiary/aromatic N) is 3. The molecule has 170 valence electrons. The van der Waals surface area contributed by atoms with Crippen LogP contribution in [0.25, 0.3) is 0 Å². The third-order valence-corrected chi connectivity index (χ3v) is 5.48. The van der Waals surface area contributed by atoms with Gasteiger partial charge in [-0.05, 0) is 43.2 Å². The zero-order chi connectivity index (χ0) is 23.2. The quantitative estimate of drug-likeness (QED) is 0.354. The Labute approximate surface area is 196 Å². The summed E-state index contributed by atoms with van der Waals surface area (Å²) in [4.78, 5) is 38.2. The van der Waals surface area contributed by atoms with Crippen LogP contribution < -0.4 is 10.1 Å². The lowest BCUT2D eigenvalue weighted by atomic mass is 10.1. The molecule has 0 unspecified atom stereocenters. The molecular formula is C24H23ClN4O4. The lowest BCUT2D eigenvalue weighted by Crippen LogP contribution is -2.30. The number of halogens is 1. The average molecular weight is 467 g/mol. The molecule has 8 nitrogen and oxygen atoms in total. The molecule has 2 heterocycles. The number of imide groups is 1. The van der Waals surface area contributed by atoms with Crippen LogP contribution in [0.1, 0.15) is 46.4 Å². The van der Waals surface area contributed by atoms with Gasteiger partial charge in [0.25, 0.3) is 11.8 Å². The summed E-state index contributed by atoms with van der Waals surface area (Å²) in [5.74, 6) is 0.0187. The van der Waals surface area contributed by atoms with E-state index in [9.17, 15) is 14.4 Å². The van der Waals surface area contributed by atoms with Crippen LogP contribution in [0.5, 0.6) is 5.75 Å². The van der Waals surface area contributed by atoms with E-state index in [1.807, 2.05) is 0 Å². The molecule has 0 saturated heterocycles. The first-order valence-electron chi connectivity index (χ1n) is 10.7. The van der Waals surface area contributed by atoms with Crippen LogP contribution in [0.3, 0.4) is 0 Å². The first-order chi connectivity index (χ1) is 16.0. The summed E-state index contributed by atoms with van der Waals surface area (Å²) in [6.45, 7) is 0.543. The first-order valence-corrected chi connectivity index (χ1v) is 11.0. The molecule has 0 radical (unpaired) electrons. The van der Waals surface area contributed by atoms with Crippen LogP contribution in [-0.2, 0) is 11.5 Å². The van der Waals surface area contributed by atoms with Crippen LogP contribution in [0.15, 0.2) is 60.9 Å². The summed E-state index contributed by atoms with van der Waals surface area (Å²) in [6, 6.07) is 13.9. The van der Waals surface area contributed by atoms with Crippen molar-refractivity contribution in [3.63, 3.8) is 0 Å². The SMILES string of the molecule is O=C(CCCCCN1C(=O)c2ccccc2C1=O)Nc1cnn(COc2cccc(Cl)c2)c1. The van der Waals surface area contributed by atoms with Gasteiger partial charge in [0.1, 0.15) is 5.75 Å². The molecule has 0 aliphatic carbocycles. The van der Waals surface area contributed by atoms with Gasteiger partial charge in [-0.1, -0.05) is 36.2 Å². The van der Waals surface area contributed by atoms with Crippen molar-refractivity contribution in [2.45, 2.75) is 32.4 Å². The first kappa shape index (κ1) is 22.5. The number of ether oxygens (including phenoxy) is 1. The number of fused-ring (bicyclic) bond motifs is 1. The van der Waals surface area contributed by atoms with Crippen molar-refractivity contribution >= 4 is 35.0 Å². The number of hydrogen-bond donors (Lipinski definition) is 1. The van der Waals surface area contributed by atoms with E-state index in [4.69, 9.17) is 16.3 Å². The van der Waals surface area contributed by atoms with Crippen LogP contribution >= 0.6 is 11.6 Å². The van der Waals surface area contributed by atoms with Crippen molar-refractivity contribution in [1.82, 2.24) is 14.7 Å². The van der Waals surface area contributed by atoms with E-state index in [0.29, 0.717) is 53.4 Å². The van der Waals surface area contributed by atoms with Crippen molar-refractivity contribution in [3.8, 4) is 5.75 Å². The number of hydrogen-bond acceptors (Lipinski definition) is 5. The van der Waals surface area contributed by atoms with Crippen molar-refractivity contribution < 1.29 is 19.1 Å². The Balaban J connectivity index is 1.14. The Hall–Kier alpha value is -3.65. The minimum Gasteiger partial charge on any atom is -0.471 e. The number of benzene rings is 2. The highest BCUT2D eigenvalue weighted by Crippen LogP contribution is 2.23. The minimum atomic E-state index is -0.246. The standard InChI is InChI=1S/C24H23ClN4O4/c25-17-7-6-8-19(13-17)33-16-28-15-18(14-26-28)27-22(30)11-2-1-5-12-29-23(31)20-9-3-4-10-21(20)24(29)32/h3-4,6-10,13-15H,1-2,5,11-12,16H2,(H,27,30). The van der Waals surface area contributed by atoms with E-state index >= 15 is 0 Å². The van der Waals surface area contributed by atoms with E-state index in [-0.39, 0.29) is 24.5 Å². The number of carbonyl (C=O) groups is 3. The zero-order valence-corrected chi connectivity index (χ0v) is 18.6. The second kappa shape index (κ2) is 10.3. The van der Waals surface area contributed by atoms with Crippen molar-refractivity contribution in [1.29, 1.82) is 0 Å². The largest absolute Gasteiger partial charge is 0.471 e. The van der Waals surface area contributed by atoms with E-state index < -0.39 is 0 Å². The van der Waals surface area contributed by atoms with Gasteiger partial charge in [0.2, 0.25) is 5.91 Å². The van der Waals surface area contributed by atoms with Gasteiger partial charge in [-0.15, -0.1) is 0 Å². The Morgan fingerprint density at radius 2 is 1.76 bits per heavy atom. The Morgan fingerprint density at radius 1 is 1.00 bits per heavy atom. The summed E-state index contributed by atoms with van der Waals surface area (Å²) in [7, 11) is 0. The van der Waals surface area contributed by atoms with Crippen LogP contribution in [0, 0.1) is 0 Å². The summed E-state index contributed by atoms with van der Waals surface area (Å²) >= 11 is 5.93. The van der Waals surface area contributed by atoms with Gasteiger partial charge in [-0.3, -0.25) is 19.3 Å². The number of carbonyl (C=O) groups excluding carboxylic acids is 3. The molecule has 1 N–H and O–H groups in total. The number of aromatic nitrogens is 2. The maximum atomic E-state index is 12.3. The molecule has 3 aromatic rings. The second-order valence-corrected chi connectivity index (χ2v) is 8.10. The Kier molecular flexibility index (Phi) is 7.04. The summed E-state index contributed by atoms with van der Waals surface area (Å²) in [5, 5.41) is 7.56. The van der Waals surface area contributed by atoms with Gasteiger partial charge >= 0.3 is 0 Å². The van der Waals surface area contributed by atoms with E-state index in [1.165, 1.54) is 4.90 Å². The fraction of sp³-hybridized carbons (Fsp3) is 0.250. The normalized spacial score (nSPS) is 12.7. The number of unbranched alkanes of at least 4 members (excludes halogenated alkanes) is 2. The fourth-order valence-corrected chi connectivity index (χ4v) is 3.77. The van der Waals surface area contributed by atoms with E-state index in [0.717, 1.165) is 6.42 Å². The predicted molar refractivity (Wildman–Crippen MR) is 123 cm³/mol. The molecule has 0 atom stereocenters.